The number of aliphatic imine (C=N–C) groups is 1. The lowest BCUT2D eigenvalue weighted by atomic mass is 9.78. The van der Waals surface area contributed by atoms with Gasteiger partial charge in [-0.15, -0.1) is 0 Å². The number of benzene rings is 1. The van der Waals surface area contributed by atoms with Gasteiger partial charge in [-0.3, -0.25) is 19.6 Å². The predicted molar refractivity (Wildman–Crippen MR) is 186 cm³/mol. The Labute approximate surface area is 306 Å². The number of carbonyl (C=O) groups excluding carboxylic acids is 2. The molecule has 4 rings (SSSR count). The van der Waals surface area contributed by atoms with Crippen molar-refractivity contribution in [3.8, 4) is 0 Å². The van der Waals surface area contributed by atoms with E-state index in [-0.39, 0.29) is 37.1 Å². The molecule has 1 saturated carbocycles. The zero-order chi connectivity index (χ0) is 39.5. The van der Waals surface area contributed by atoms with Gasteiger partial charge in [-0.2, -0.15) is 26.3 Å². The van der Waals surface area contributed by atoms with E-state index in [0.717, 1.165) is 19.5 Å². The van der Waals surface area contributed by atoms with E-state index in [1.165, 1.54) is 38.4 Å². The number of rotatable bonds is 12. The van der Waals surface area contributed by atoms with Gasteiger partial charge in [0.1, 0.15) is 11.9 Å². The molecule has 2 unspecified atom stereocenters. The van der Waals surface area contributed by atoms with Gasteiger partial charge in [0.15, 0.2) is 0 Å². The number of esters is 1. The summed E-state index contributed by atoms with van der Waals surface area (Å²) in [6, 6.07) is 0.168. The Morgan fingerprint density at radius 2 is 1.53 bits per heavy atom. The molecule has 2 aliphatic heterocycles. The van der Waals surface area contributed by atoms with Crippen LogP contribution in [0.3, 0.4) is 0 Å². The number of amides is 1. The largest absolute Gasteiger partial charge is 0.504 e. The van der Waals surface area contributed by atoms with Gasteiger partial charge in [0.05, 0.1) is 62.5 Å². The fraction of sp³-hybridized carbons (Fsp3) is 0.553. The number of nitrogens with zero attached hydrogens (tertiary/aromatic N) is 3. The molecule has 15 heteroatoms. The minimum absolute atomic E-state index is 0.0231. The summed E-state index contributed by atoms with van der Waals surface area (Å²) in [6.07, 6.45) is -2.06. The van der Waals surface area contributed by atoms with Crippen LogP contribution in [0.25, 0.3) is 0 Å². The first kappa shape index (κ1) is 43.3. The minimum Gasteiger partial charge on any atom is -0.504 e. The molecule has 0 N–H and O–H groups in total. The number of hydrogen-bond acceptors (Lipinski definition) is 7. The molecule has 53 heavy (non-hydrogen) atoms. The summed E-state index contributed by atoms with van der Waals surface area (Å²) in [4.78, 5) is 33.3. The third kappa shape index (κ3) is 11.4. The average Bonchev–Trinajstić information content (AvgIpc) is 3.39. The van der Waals surface area contributed by atoms with E-state index in [2.05, 4.69) is 0 Å². The van der Waals surface area contributed by atoms with Crippen molar-refractivity contribution in [1.82, 2.24) is 9.80 Å². The normalized spacial score (nSPS) is 23.7. The highest BCUT2D eigenvalue weighted by atomic mass is 19.4. The second-order valence-corrected chi connectivity index (χ2v) is 12.7. The number of alkyl halides is 6. The van der Waals surface area contributed by atoms with Crippen LogP contribution in [0.1, 0.15) is 82.6 Å². The van der Waals surface area contributed by atoms with Crippen molar-refractivity contribution in [2.45, 2.75) is 84.3 Å². The maximum atomic E-state index is 15.6. The molecule has 0 spiro atoms. The monoisotopic (exact) mass is 759 g/mol. The number of hydrogen-bond donors (Lipinski definition) is 0. The van der Waals surface area contributed by atoms with E-state index in [9.17, 15) is 35.9 Å². The fourth-order valence-corrected chi connectivity index (χ4v) is 6.39. The number of ether oxygens (including phenoxy) is 3. The molecule has 1 aromatic rings. The first-order valence-electron chi connectivity index (χ1n) is 17.6. The van der Waals surface area contributed by atoms with Gasteiger partial charge >= 0.3 is 24.4 Å². The van der Waals surface area contributed by atoms with Gasteiger partial charge in [-0.25, -0.2) is 9.18 Å². The molecule has 2 atom stereocenters. The summed E-state index contributed by atoms with van der Waals surface area (Å²) in [7, 11) is 2.71. The van der Waals surface area contributed by atoms with E-state index >= 15 is 4.39 Å². The first-order valence-corrected chi connectivity index (χ1v) is 17.6. The van der Waals surface area contributed by atoms with Crippen LogP contribution in [0.4, 0.5) is 35.5 Å². The number of methoxy groups -OCH3 is 2. The molecule has 1 amide bonds. The zero-order valence-electron chi connectivity index (χ0n) is 30.8. The predicted octanol–water partition coefficient (Wildman–Crippen LogP) is 9.60. The summed E-state index contributed by atoms with van der Waals surface area (Å²) in [5, 5.41) is 0. The Morgan fingerprint density at radius 1 is 0.943 bits per heavy atom. The van der Waals surface area contributed by atoms with Crippen LogP contribution in [0.15, 0.2) is 70.7 Å². The van der Waals surface area contributed by atoms with Crippen molar-refractivity contribution < 1.29 is 54.5 Å². The van der Waals surface area contributed by atoms with Crippen molar-refractivity contribution >= 4 is 17.8 Å². The van der Waals surface area contributed by atoms with E-state index in [4.69, 9.17) is 19.2 Å². The average molecular weight is 760 g/mol. The smallest absolute Gasteiger partial charge is 0.416 e. The van der Waals surface area contributed by atoms with Crippen molar-refractivity contribution in [1.29, 1.82) is 0 Å². The third-order valence-corrected chi connectivity index (χ3v) is 9.48. The molecule has 0 radical (unpaired) electrons. The van der Waals surface area contributed by atoms with Gasteiger partial charge < -0.3 is 14.2 Å². The van der Waals surface area contributed by atoms with Crippen LogP contribution < -0.4 is 0 Å². The van der Waals surface area contributed by atoms with Crippen molar-refractivity contribution in [3.63, 3.8) is 0 Å². The highest BCUT2D eigenvalue weighted by Crippen LogP contribution is 2.41. The van der Waals surface area contributed by atoms with Gasteiger partial charge in [-0.1, -0.05) is 32.1 Å². The summed E-state index contributed by atoms with van der Waals surface area (Å²) >= 11 is 0. The van der Waals surface area contributed by atoms with E-state index in [1.54, 1.807) is 25.2 Å². The topological polar surface area (TPSA) is 80.7 Å². The van der Waals surface area contributed by atoms with Crippen molar-refractivity contribution in [2.24, 2.45) is 16.8 Å². The van der Waals surface area contributed by atoms with Crippen molar-refractivity contribution in [2.75, 3.05) is 40.5 Å². The molecule has 8 nitrogen and oxygen atoms in total. The summed E-state index contributed by atoms with van der Waals surface area (Å²) < 4.78 is 112. The molecule has 1 aromatic carbocycles. The molecule has 2 saturated heterocycles. The molecular formula is C38H48F7N3O5. The Morgan fingerprint density at radius 3 is 2.02 bits per heavy atom. The molecule has 0 bridgehead atoms. The second kappa shape index (κ2) is 19.3. The van der Waals surface area contributed by atoms with Crippen LogP contribution >= 0.6 is 0 Å². The summed E-state index contributed by atoms with van der Waals surface area (Å²) in [5.74, 6) is -1.35. The van der Waals surface area contributed by atoms with Gasteiger partial charge in [0, 0.05) is 19.2 Å². The molecule has 3 aliphatic rings. The van der Waals surface area contributed by atoms with Gasteiger partial charge in [-0.05, 0) is 86.8 Å². The van der Waals surface area contributed by atoms with Crippen LogP contribution in [0.5, 0.6) is 0 Å². The molecule has 0 aromatic heterocycles. The molecule has 2 heterocycles. The second-order valence-electron chi connectivity index (χ2n) is 12.7. The number of carbonyl (C=O) groups is 2. The van der Waals surface area contributed by atoms with Crippen LogP contribution in [0.2, 0.25) is 0 Å². The van der Waals surface area contributed by atoms with E-state index in [0.29, 0.717) is 54.7 Å². The Bertz CT molecular complexity index is 1540. The lowest BCUT2D eigenvalue weighted by Crippen LogP contribution is -2.39. The maximum Gasteiger partial charge on any atom is 0.416 e. The van der Waals surface area contributed by atoms with Crippen LogP contribution in [-0.2, 0) is 31.4 Å². The molecule has 294 valence electrons. The quantitative estimate of drug-likeness (QED) is 0.0695. The molecular weight excluding hydrogens is 711 g/mol. The Hall–Kier alpha value is -4.14. The standard InChI is InChI=1S/C36H42F7N3O5.C2H6/c1-5-23(11-12-29(30(37)13-16-49-3)24-7-9-25(10-8-24)33(47)50-4)31(44-21-45-14-6-15-45)20-46-22(2)32(51-34(46)48)26-17-27(35(38,39)40)19-28(18-26)36(41,42)43;1-2/h5,11-13,16-19,22,24-25,32H,6-10,14-15,20-21H2,1-4H3;1-2H3/b12-11+,16-13+,23-5-,30-29-,44-31-;. The zero-order valence-corrected chi connectivity index (χ0v) is 30.8. The van der Waals surface area contributed by atoms with E-state index in [1.807, 2.05) is 18.7 Å². The minimum atomic E-state index is -5.07. The lowest BCUT2D eigenvalue weighted by Gasteiger charge is -2.29. The SMILES string of the molecule is C/C=C(/C=C/C(=C(F)\C=C\OC)C1CCC(C(=O)OC)CC1)C(\CN1C(=O)OC(c2cc(C(F)(F)F)cc(C(F)(F)F)c2)C1C)=N/CN1CCC1.CC. The number of likely N-dealkylation sites (tertiary alicyclic amines) is 1. The maximum absolute atomic E-state index is 15.6. The first-order chi connectivity index (χ1) is 25.1. The Balaban J connectivity index is 0.00000372. The highest BCUT2D eigenvalue weighted by Gasteiger charge is 2.43. The van der Waals surface area contributed by atoms with Crippen LogP contribution in [0, 0.1) is 11.8 Å². The lowest BCUT2D eigenvalue weighted by molar-refractivity contribution is -0.147. The molecule has 3 fully saturated rings. The third-order valence-electron chi connectivity index (χ3n) is 9.48. The summed E-state index contributed by atoms with van der Waals surface area (Å²) in [6.45, 7) is 8.89. The van der Waals surface area contributed by atoms with Gasteiger partial charge in [0.2, 0.25) is 0 Å². The Kier molecular flexibility index (Phi) is 15.7. The summed E-state index contributed by atoms with van der Waals surface area (Å²) in [5.41, 5.74) is -2.20. The number of halogens is 7. The fourth-order valence-electron chi connectivity index (χ4n) is 6.39. The van der Waals surface area contributed by atoms with E-state index < -0.39 is 53.1 Å². The molecule has 1 aliphatic carbocycles. The number of cyclic esters (lactones) is 1. The number of allylic oxidation sites excluding steroid dienone is 6. The van der Waals surface area contributed by atoms with Gasteiger partial charge in [0.25, 0.3) is 0 Å². The van der Waals surface area contributed by atoms with Crippen LogP contribution in [-0.4, -0.2) is 74.1 Å². The van der Waals surface area contributed by atoms with Crippen molar-refractivity contribution in [3.05, 3.63) is 82.4 Å². The highest BCUT2D eigenvalue weighted by molar-refractivity contribution is 6.05.